The largest absolute Gasteiger partial charge is 0.493 e. The van der Waals surface area contributed by atoms with Crippen LogP contribution in [0.2, 0.25) is 0 Å². The van der Waals surface area contributed by atoms with Gasteiger partial charge in [0.15, 0.2) is 11.5 Å². The summed E-state index contributed by atoms with van der Waals surface area (Å²) >= 11 is 0. The average Bonchev–Trinajstić information content (AvgIpc) is 2.80. The van der Waals surface area contributed by atoms with Gasteiger partial charge >= 0.3 is 0 Å². The molecule has 0 heterocycles. The first kappa shape index (κ1) is 25.1. The van der Waals surface area contributed by atoms with Crippen molar-refractivity contribution in [1.82, 2.24) is 0 Å². The maximum atomic E-state index is 13.7. The van der Waals surface area contributed by atoms with Crippen molar-refractivity contribution in [2.45, 2.75) is 32.6 Å². The minimum atomic E-state index is -4.10. The van der Waals surface area contributed by atoms with Crippen LogP contribution in [0, 0.1) is 27.7 Å². The highest BCUT2D eigenvalue weighted by atomic mass is 32.2. The van der Waals surface area contributed by atoms with E-state index in [1.54, 1.807) is 24.3 Å². The number of nitrogens with one attached hydrogen (secondary N) is 1. The van der Waals surface area contributed by atoms with Crippen molar-refractivity contribution in [2.75, 3.05) is 30.4 Å². The molecule has 0 radical (unpaired) electrons. The topological polar surface area (TPSA) is 84.9 Å². The van der Waals surface area contributed by atoms with Crippen molar-refractivity contribution in [2.24, 2.45) is 0 Å². The lowest BCUT2D eigenvalue weighted by molar-refractivity contribution is -0.114. The molecule has 3 rings (SSSR count). The van der Waals surface area contributed by atoms with E-state index in [0.717, 1.165) is 26.6 Å². The van der Waals surface area contributed by atoms with Crippen LogP contribution in [-0.2, 0) is 14.8 Å². The lowest BCUT2D eigenvalue weighted by Crippen LogP contribution is -2.38. The average molecular weight is 483 g/mol. The highest BCUT2D eigenvalue weighted by Crippen LogP contribution is 2.32. The van der Waals surface area contributed by atoms with Gasteiger partial charge in [0, 0.05) is 11.8 Å². The van der Waals surface area contributed by atoms with E-state index in [-0.39, 0.29) is 10.6 Å². The lowest BCUT2D eigenvalue weighted by Gasteiger charge is -2.25. The van der Waals surface area contributed by atoms with Crippen molar-refractivity contribution >= 4 is 27.3 Å². The molecule has 0 bridgehead atoms. The van der Waals surface area contributed by atoms with E-state index in [9.17, 15) is 13.2 Å². The van der Waals surface area contributed by atoms with Crippen molar-refractivity contribution in [3.8, 4) is 11.5 Å². The first-order chi connectivity index (χ1) is 16.1. The SMILES string of the molecule is COc1ccc(S(=O)(=O)N(CC(=O)Nc2c(C)cc(C)cc2C)c2ccc(C)cc2)cc1OC. The minimum Gasteiger partial charge on any atom is -0.493 e. The second-order valence-corrected chi connectivity index (χ2v) is 10.0. The molecule has 3 aromatic carbocycles. The van der Waals surface area contributed by atoms with E-state index in [2.05, 4.69) is 5.32 Å². The van der Waals surface area contributed by atoms with Crippen LogP contribution in [-0.4, -0.2) is 35.1 Å². The summed E-state index contributed by atoms with van der Waals surface area (Å²) in [6, 6.07) is 15.3. The van der Waals surface area contributed by atoms with Crippen LogP contribution in [0.1, 0.15) is 22.3 Å². The summed E-state index contributed by atoms with van der Waals surface area (Å²) in [5, 5.41) is 2.89. The van der Waals surface area contributed by atoms with E-state index in [1.165, 1.54) is 32.4 Å². The monoisotopic (exact) mass is 482 g/mol. The number of hydrogen-bond donors (Lipinski definition) is 1. The van der Waals surface area contributed by atoms with Crippen LogP contribution in [0.25, 0.3) is 0 Å². The van der Waals surface area contributed by atoms with E-state index in [4.69, 9.17) is 9.47 Å². The van der Waals surface area contributed by atoms with Crippen molar-refractivity contribution in [3.63, 3.8) is 0 Å². The number of amides is 1. The van der Waals surface area contributed by atoms with E-state index >= 15 is 0 Å². The summed E-state index contributed by atoms with van der Waals surface area (Å²) in [5.41, 5.74) is 4.95. The predicted octanol–water partition coefficient (Wildman–Crippen LogP) is 4.77. The molecule has 0 fully saturated rings. The Labute approximate surface area is 201 Å². The van der Waals surface area contributed by atoms with Crippen LogP contribution in [0.5, 0.6) is 11.5 Å². The van der Waals surface area contributed by atoms with Gasteiger partial charge in [-0.15, -0.1) is 0 Å². The number of methoxy groups -OCH3 is 2. The molecule has 0 saturated carbocycles. The van der Waals surface area contributed by atoms with E-state index in [0.29, 0.717) is 17.1 Å². The second-order valence-electron chi connectivity index (χ2n) is 8.19. The Morgan fingerprint density at radius 2 is 1.41 bits per heavy atom. The number of carbonyl (C=O) groups is 1. The van der Waals surface area contributed by atoms with Gasteiger partial charge in [-0.25, -0.2) is 8.42 Å². The van der Waals surface area contributed by atoms with Gasteiger partial charge in [0.25, 0.3) is 10.0 Å². The number of carbonyl (C=O) groups excluding carboxylic acids is 1. The number of ether oxygens (including phenoxy) is 2. The normalized spacial score (nSPS) is 11.1. The zero-order valence-corrected chi connectivity index (χ0v) is 21.1. The van der Waals surface area contributed by atoms with Crippen molar-refractivity contribution in [3.05, 3.63) is 76.9 Å². The molecular formula is C26H30N2O5S. The van der Waals surface area contributed by atoms with Gasteiger partial charge in [0.1, 0.15) is 6.54 Å². The molecule has 0 aliphatic rings. The first-order valence-corrected chi connectivity index (χ1v) is 12.2. The third kappa shape index (κ3) is 5.34. The highest BCUT2D eigenvalue weighted by Gasteiger charge is 2.28. The number of rotatable bonds is 8. The molecule has 1 amide bonds. The molecule has 0 unspecified atom stereocenters. The first-order valence-electron chi connectivity index (χ1n) is 10.8. The molecule has 1 N–H and O–H groups in total. The van der Waals surface area contributed by atoms with Crippen LogP contribution >= 0.6 is 0 Å². The number of sulfonamides is 1. The second kappa shape index (κ2) is 10.2. The Kier molecular flexibility index (Phi) is 7.51. The molecule has 3 aromatic rings. The lowest BCUT2D eigenvalue weighted by atomic mass is 10.1. The Hall–Kier alpha value is -3.52. The summed E-state index contributed by atoms with van der Waals surface area (Å²) in [5.74, 6) is 0.244. The predicted molar refractivity (Wildman–Crippen MR) is 135 cm³/mol. The molecule has 0 saturated heterocycles. The summed E-state index contributed by atoms with van der Waals surface area (Å²) in [7, 11) is -1.19. The molecule has 8 heteroatoms. The fraction of sp³-hybridized carbons (Fsp3) is 0.269. The van der Waals surface area contributed by atoms with Gasteiger partial charge in [0.05, 0.1) is 24.8 Å². The number of hydrogen-bond acceptors (Lipinski definition) is 5. The fourth-order valence-corrected chi connectivity index (χ4v) is 5.25. The summed E-state index contributed by atoms with van der Waals surface area (Å²) in [4.78, 5) is 13.1. The van der Waals surface area contributed by atoms with Gasteiger partial charge in [-0.3, -0.25) is 9.10 Å². The molecule has 0 spiro atoms. The molecule has 7 nitrogen and oxygen atoms in total. The van der Waals surface area contributed by atoms with E-state index in [1.807, 2.05) is 39.8 Å². The third-order valence-corrected chi connectivity index (χ3v) is 7.26. The Morgan fingerprint density at radius 1 is 0.824 bits per heavy atom. The molecule has 180 valence electrons. The molecule has 0 aliphatic heterocycles. The molecule has 34 heavy (non-hydrogen) atoms. The Morgan fingerprint density at radius 3 is 1.97 bits per heavy atom. The molecular weight excluding hydrogens is 452 g/mol. The van der Waals surface area contributed by atoms with Gasteiger partial charge in [-0.1, -0.05) is 35.4 Å². The summed E-state index contributed by atoms with van der Waals surface area (Å²) in [6.45, 7) is 7.32. The van der Waals surface area contributed by atoms with Crippen LogP contribution < -0.4 is 19.1 Å². The maximum absolute atomic E-state index is 13.7. The fourth-order valence-electron chi connectivity index (χ4n) is 3.82. The van der Waals surface area contributed by atoms with Crippen molar-refractivity contribution in [1.29, 1.82) is 0 Å². The highest BCUT2D eigenvalue weighted by molar-refractivity contribution is 7.92. The summed E-state index contributed by atoms with van der Waals surface area (Å²) < 4.78 is 39.0. The molecule has 0 aliphatic carbocycles. The third-order valence-electron chi connectivity index (χ3n) is 5.49. The van der Waals surface area contributed by atoms with Gasteiger partial charge in [-0.2, -0.15) is 0 Å². The minimum absolute atomic E-state index is 0.0128. The number of nitrogens with zero attached hydrogens (tertiary/aromatic N) is 1. The number of aryl methyl sites for hydroxylation is 4. The van der Waals surface area contributed by atoms with Crippen LogP contribution in [0.15, 0.2) is 59.5 Å². The number of benzene rings is 3. The van der Waals surface area contributed by atoms with Gasteiger partial charge < -0.3 is 14.8 Å². The van der Waals surface area contributed by atoms with Crippen LogP contribution in [0.4, 0.5) is 11.4 Å². The van der Waals surface area contributed by atoms with E-state index < -0.39 is 22.5 Å². The molecule has 0 atom stereocenters. The number of anilines is 2. The van der Waals surface area contributed by atoms with Gasteiger partial charge in [-0.05, 0) is 63.1 Å². The zero-order valence-electron chi connectivity index (χ0n) is 20.3. The summed E-state index contributed by atoms with van der Waals surface area (Å²) in [6.07, 6.45) is 0. The van der Waals surface area contributed by atoms with Crippen molar-refractivity contribution < 1.29 is 22.7 Å². The Balaban J connectivity index is 2.01. The van der Waals surface area contributed by atoms with Gasteiger partial charge in [0.2, 0.25) is 5.91 Å². The quantitative estimate of drug-likeness (QED) is 0.500. The smallest absolute Gasteiger partial charge is 0.264 e. The van der Waals surface area contributed by atoms with Crippen LogP contribution in [0.3, 0.4) is 0 Å². The standard InChI is InChI=1S/C26H30N2O5S/c1-17-7-9-21(10-8-17)28(16-25(29)27-26-19(3)13-18(2)14-20(26)4)34(30,31)22-11-12-23(32-5)24(15-22)33-6/h7-15H,16H2,1-6H3,(H,27,29). The maximum Gasteiger partial charge on any atom is 0.264 e. The Bertz CT molecular complexity index is 1280. The zero-order chi connectivity index (χ0) is 25.0. The molecule has 0 aromatic heterocycles.